The average molecular weight is 288 g/mol. The van der Waals surface area contributed by atoms with Crippen LogP contribution < -0.4 is 11.1 Å². The number of hydrogen-bond acceptors (Lipinski definition) is 3. The molecule has 2 aromatic rings. The Balaban J connectivity index is 2.03. The van der Waals surface area contributed by atoms with Gasteiger partial charge in [0.05, 0.1) is 17.1 Å². The van der Waals surface area contributed by atoms with Crippen LogP contribution in [0, 0.1) is 11.3 Å². The number of H-pyrrole nitrogens is 2. The molecule has 0 aliphatic heterocycles. The summed E-state index contributed by atoms with van der Waals surface area (Å²) in [4.78, 5) is 27.8. The molecule has 21 heavy (non-hydrogen) atoms. The van der Waals surface area contributed by atoms with Gasteiger partial charge in [0, 0.05) is 0 Å². The standard InChI is InChI=1S/C16H20N2O3/c1-16(2)7-3-4-10(16)13(19)9-5-6-11-12(8-9)18-15(21)14(20)17-11/h5-6,8,10,13,19H,3-4,7H2,1-2H3,(H,17,20)(H,18,21). The number of aromatic amines is 2. The van der Waals surface area contributed by atoms with Crippen molar-refractivity contribution in [1.29, 1.82) is 0 Å². The molecule has 5 nitrogen and oxygen atoms in total. The van der Waals surface area contributed by atoms with Gasteiger partial charge in [-0.1, -0.05) is 26.3 Å². The molecule has 3 rings (SSSR count). The lowest BCUT2D eigenvalue weighted by molar-refractivity contribution is 0.0532. The van der Waals surface area contributed by atoms with Crippen molar-refractivity contribution in [3.63, 3.8) is 0 Å². The van der Waals surface area contributed by atoms with Crippen molar-refractivity contribution in [2.24, 2.45) is 11.3 Å². The number of hydrogen-bond donors (Lipinski definition) is 3. The van der Waals surface area contributed by atoms with E-state index in [-0.39, 0.29) is 11.3 Å². The van der Waals surface area contributed by atoms with Crippen molar-refractivity contribution in [3.05, 3.63) is 44.5 Å². The number of benzene rings is 1. The van der Waals surface area contributed by atoms with E-state index in [4.69, 9.17) is 0 Å². The Bertz CT molecular complexity index is 788. The summed E-state index contributed by atoms with van der Waals surface area (Å²) in [5.41, 5.74) is 0.689. The van der Waals surface area contributed by atoms with E-state index in [9.17, 15) is 14.7 Å². The number of nitrogens with one attached hydrogen (secondary N) is 2. The maximum atomic E-state index is 11.4. The van der Waals surface area contributed by atoms with Crippen LogP contribution in [0.15, 0.2) is 27.8 Å². The Morgan fingerprint density at radius 1 is 1.19 bits per heavy atom. The summed E-state index contributed by atoms with van der Waals surface area (Å²) in [5, 5.41) is 10.7. The van der Waals surface area contributed by atoms with Crippen molar-refractivity contribution >= 4 is 11.0 Å². The third-order valence-electron chi connectivity index (χ3n) is 4.81. The van der Waals surface area contributed by atoms with Crippen molar-refractivity contribution in [2.45, 2.75) is 39.2 Å². The third kappa shape index (κ3) is 2.42. The molecule has 2 atom stereocenters. The lowest BCUT2D eigenvalue weighted by Gasteiger charge is -2.31. The molecule has 1 saturated carbocycles. The van der Waals surface area contributed by atoms with Crippen LogP contribution in [-0.4, -0.2) is 15.1 Å². The topological polar surface area (TPSA) is 85.9 Å². The first kappa shape index (κ1) is 14.1. The fourth-order valence-corrected chi connectivity index (χ4v) is 3.49. The highest BCUT2D eigenvalue weighted by Crippen LogP contribution is 2.48. The smallest absolute Gasteiger partial charge is 0.314 e. The number of aromatic nitrogens is 2. The summed E-state index contributed by atoms with van der Waals surface area (Å²) in [6.45, 7) is 4.38. The minimum atomic E-state index is -0.671. The van der Waals surface area contributed by atoms with E-state index in [0.29, 0.717) is 11.0 Å². The first-order valence-electron chi connectivity index (χ1n) is 7.33. The quantitative estimate of drug-likeness (QED) is 0.739. The van der Waals surface area contributed by atoms with Gasteiger partial charge in [0.15, 0.2) is 0 Å². The summed E-state index contributed by atoms with van der Waals surface area (Å²) < 4.78 is 0. The molecular weight excluding hydrogens is 268 g/mol. The van der Waals surface area contributed by atoms with Crippen molar-refractivity contribution in [1.82, 2.24) is 9.97 Å². The lowest BCUT2D eigenvalue weighted by Crippen LogP contribution is -2.29. The molecule has 2 unspecified atom stereocenters. The molecule has 0 spiro atoms. The van der Waals surface area contributed by atoms with Crippen molar-refractivity contribution in [2.75, 3.05) is 0 Å². The molecule has 1 fully saturated rings. The Labute approximate surface area is 122 Å². The van der Waals surface area contributed by atoms with Crippen LogP contribution >= 0.6 is 0 Å². The number of rotatable bonds is 2. The van der Waals surface area contributed by atoms with Crippen molar-refractivity contribution in [3.8, 4) is 0 Å². The monoisotopic (exact) mass is 288 g/mol. The Kier molecular flexibility index (Phi) is 3.24. The second-order valence-electron chi connectivity index (χ2n) is 6.65. The zero-order valence-electron chi connectivity index (χ0n) is 12.3. The largest absolute Gasteiger partial charge is 0.388 e. The molecule has 1 aliphatic carbocycles. The highest BCUT2D eigenvalue weighted by molar-refractivity contribution is 5.74. The lowest BCUT2D eigenvalue weighted by atomic mass is 9.77. The Morgan fingerprint density at radius 3 is 2.48 bits per heavy atom. The predicted octanol–water partition coefficient (Wildman–Crippen LogP) is 2.08. The number of fused-ring (bicyclic) bond motifs is 1. The highest BCUT2D eigenvalue weighted by atomic mass is 16.3. The second kappa shape index (κ2) is 4.84. The first-order chi connectivity index (χ1) is 9.88. The maximum absolute atomic E-state index is 11.4. The van der Waals surface area contributed by atoms with Gasteiger partial charge in [-0.25, -0.2) is 0 Å². The van der Waals surface area contributed by atoms with Crippen LogP contribution in [0.5, 0.6) is 0 Å². The molecule has 1 heterocycles. The second-order valence-corrected chi connectivity index (χ2v) is 6.65. The molecule has 0 saturated heterocycles. The summed E-state index contributed by atoms with van der Waals surface area (Å²) in [6.07, 6.45) is 2.70. The molecule has 1 aromatic heterocycles. The van der Waals surface area contributed by atoms with Gasteiger partial charge in [-0.2, -0.15) is 0 Å². The molecule has 0 radical (unpaired) electrons. The van der Waals surface area contributed by atoms with E-state index < -0.39 is 17.2 Å². The van der Waals surface area contributed by atoms with Gasteiger partial charge >= 0.3 is 11.1 Å². The Morgan fingerprint density at radius 2 is 1.86 bits per heavy atom. The molecule has 112 valence electrons. The number of aliphatic hydroxyl groups is 1. The summed E-state index contributed by atoms with van der Waals surface area (Å²) in [5.74, 6) is 0.212. The normalized spacial score (nSPS) is 22.5. The van der Waals surface area contributed by atoms with Gasteiger partial charge in [0.1, 0.15) is 0 Å². The molecule has 3 N–H and O–H groups in total. The first-order valence-corrected chi connectivity index (χ1v) is 7.33. The zero-order valence-corrected chi connectivity index (χ0v) is 12.3. The summed E-state index contributed by atoms with van der Waals surface area (Å²) in [6, 6.07) is 5.30. The van der Waals surface area contributed by atoms with Gasteiger partial charge in [0.25, 0.3) is 0 Å². The minimum Gasteiger partial charge on any atom is -0.388 e. The summed E-state index contributed by atoms with van der Waals surface area (Å²) in [7, 11) is 0. The average Bonchev–Trinajstić information content (AvgIpc) is 2.78. The molecule has 0 bridgehead atoms. The van der Waals surface area contributed by atoms with Gasteiger partial charge in [0.2, 0.25) is 0 Å². The van der Waals surface area contributed by atoms with Crippen LogP contribution in [0.1, 0.15) is 44.8 Å². The van der Waals surface area contributed by atoms with E-state index in [2.05, 4.69) is 23.8 Å². The zero-order chi connectivity index (χ0) is 15.2. The minimum absolute atomic E-state index is 0.118. The van der Waals surface area contributed by atoms with Gasteiger partial charge in [-0.05, 0) is 41.9 Å². The molecule has 1 aromatic carbocycles. The predicted molar refractivity (Wildman–Crippen MR) is 81.3 cm³/mol. The van der Waals surface area contributed by atoms with Gasteiger partial charge in [-0.3, -0.25) is 9.59 Å². The summed E-state index contributed by atoms with van der Waals surface area (Å²) >= 11 is 0. The van der Waals surface area contributed by atoms with Crippen molar-refractivity contribution < 1.29 is 5.11 Å². The van der Waals surface area contributed by atoms with Crippen LogP contribution in [0.25, 0.3) is 11.0 Å². The third-order valence-corrected chi connectivity index (χ3v) is 4.81. The van der Waals surface area contributed by atoms with Gasteiger partial charge < -0.3 is 15.1 Å². The molecule has 0 amide bonds. The number of aliphatic hydroxyl groups excluding tert-OH is 1. The fourth-order valence-electron chi connectivity index (χ4n) is 3.49. The molecule has 1 aliphatic rings. The maximum Gasteiger partial charge on any atom is 0.314 e. The van der Waals surface area contributed by atoms with Crippen LogP contribution in [-0.2, 0) is 0 Å². The molecular formula is C16H20N2O3. The van der Waals surface area contributed by atoms with E-state index in [1.807, 2.05) is 6.07 Å². The van der Waals surface area contributed by atoms with Crippen LogP contribution in [0.4, 0.5) is 0 Å². The van der Waals surface area contributed by atoms with E-state index in [0.717, 1.165) is 24.8 Å². The van der Waals surface area contributed by atoms with E-state index >= 15 is 0 Å². The van der Waals surface area contributed by atoms with Crippen LogP contribution in [0.2, 0.25) is 0 Å². The van der Waals surface area contributed by atoms with Crippen LogP contribution in [0.3, 0.4) is 0 Å². The van der Waals surface area contributed by atoms with E-state index in [1.165, 1.54) is 0 Å². The highest BCUT2D eigenvalue weighted by Gasteiger charge is 2.39. The van der Waals surface area contributed by atoms with Gasteiger partial charge in [-0.15, -0.1) is 0 Å². The van der Waals surface area contributed by atoms with E-state index in [1.54, 1.807) is 12.1 Å². The molecule has 5 heteroatoms. The fraction of sp³-hybridized carbons (Fsp3) is 0.500. The Hall–Kier alpha value is -1.88. The SMILES string of the molecule is CC1(C)CCCC1C(O)c1ccc2[nH]c(=O)c(=O)[nH]c2c1.